The van der Waals surface area contributed by atoms with E-state index in [1.165, 1.54) is 6.20 Å². The first kappa shape index (κ1) is 13.1. The molecule has 0 saturated heterocycles. The normalized spacial score (nSPS) is 10.6. The van der Waals surface area contributed by atoms with E-state index in [1.807, 2.05) is 13.8 Å². The third-order valence-electron chi connectivity index (χ3n) is 2.04. The Hall–Kier alpha value is -1.92. The summed E-state index contributed by atoms with van der Waals surface area (Å²) >= 11 is 0. The Morgan fingerprint density at radius 1 is 1.53 bits per heavy atom. The number of hydrogen-bond donors (Lipinski definition) is 1. The quantitative estimate of drug-likeness (QED) is 0.788. The van der Waals surface area contributed by atoms with Gasteiger partial charge in [-0.1, -0.05) is 19.1 Å². The van der Waals surface area contributed by atoms with Crippen LogP contribution >= 0.6 is 0 Å². The summed E-state index contributed by atoms with van der Waals surface area (Å²) in [5, 5.41) is 15.8. The number of carboxylic acid groups (broad SMARTS) is 1. The maximum atomic E-state index is 11.8. The Kier molecular flexibility index (Phi) is 4.19. The number of rotatable bonds is 5. The van der Waals surface area contributed by atoms with Crippen molar-refractivity contribution in [2.45, 2.75) is 20.4 Å². The van der Waals surface area contributed by atoms with Crippen LogP contribution in [0.1, 0.15) is 24.3 Å². The topological polar surface area (TPSA) is 88.3 Å². The van der Waals surface area contributed by atoms with E-state index in [-0.39, 0.29) is 18.1 Å². The molecular weight excluding hydrogens is 224 g/mol. The SMILES string of the molecule is CC(C)CN(C)C(=O)c1cn(CC(=O)O)nn1. The third kappa shape index (κ3) is 3.86. The van der Waals surface area contributed by atoms with E-state index >= 15 is 0 Å². The summed E-state index contributed by atoms with van der Waals surface area (Å²) in [6.45, 7) is 4.33. The van der Waals surface area contributed by atoms with E-state index < -0.39 is 5.97 Å². The van der Waals surface area contributed by atoms with E-state index in [9.17, 15) is 9.59 Å². The molecule has 0 aliphatic carbocycles. The molecule has 7 nitrogen and oxygen atoms in total. The zero-order valence-corrected chi connectivity index (χ0v) is 10.1. The van der Waals surface area contributed by atoms with Crippen LogP contribution in [0.5, 0.6) is 0 Å². The van der Waals surface area contributed by atoms with Gasteiger partial charge in [0.15, 0.2) is 5.69 Å². The monoisotopic (exact) mass is 240 g/mol. The molecule has 0 aliphatic heterocycles. The van der Waals surface area contributed by atoms with Gasteiger partial charge in [0.2, 0.25) is 0 Å². The molecule has 0 unspecified atom stereocenters. The Balaban J connectivity index is 2.69. The van der Waals surface area contributed by atoms with Crippen LogP contribution in [0.4, 0.5) is 0 Å². The van der Waals surface area contributed by atoms with Crippen molar-refractivity contribution in [2.75, 3.05) is 13.6 Å². The largest absolute Gasteiger partial charge is 0.480 e. The van der Waals surface area contributed by atoms with Gasteiger partial charge in [0.05, 0.1) is 6.20 Å². The molecule has 1 aromatic heterocycles. The van der Waals surface area contributed by atoms with Crippen molar-refractivity contribution in [3.05, 3.63) is 11.9 Å². The summed E-state index contributed by atoms with van der Waals surface area (Å²) in [5.41, 5.74) is 0.161. The van der Waals surface area contributed by atoms with Crippen LogP contribution in [0.2, 0.25) is 0 Å². The summed E-state index contributed by atoms with van der Waals surface area (Å²) in [7, 11) is 1.68. The molecular formula is C10H16N4O3. The van der Waals surface area contributed by atoms with Crippen molar-refractivity contribution in [1.82, 2.24) is 19.9 Å². The summed E-state index contributed by atoms with van der Waals surface area (Å²) in [4.78, 5) is 23.8. The van der Waals surface area contributed by atoms with Gasteiger partial charge in [-0.3, -0.25) is 9.59 Å². The van der Waals surface area contributed by atoms with Crippen LogP contribution in [0.25, 0.3) is 0 Å². The zero-order valence-electron chi connectivity index (χ0n) is 10.1. The van der Waals surface area contributed by atoms with Crippen LogP contribution in [0, 0.1) is 5.92 Å². The number of carbonyl (C=O) groups excluding carboxylic acids is 1. The van der Waals surface area contributed by atoms with E-state index in [4.69, 9.17) is 5.11 Å². The van der Waals surface area contributed by atoms with Gasteiger partial charge in [-0.05, 0) is 5.92 Å². The second kappa shape index (κ2) is 5.42. The third-order valence-corrected chi connectivity index (χ3v) is 2.04. The maximum Gasteiger partial charge on any atom is 0.325 e. The Bertz CT molecular complexity index is 413. The highest BCUT2D eigenvalue weighted by Gasteiger charge is 2.16. The lowest BCUT2D eigenvalue weighted by Crippen LogP contribution is -2.30. The van der Waals surface area contributed by atoms with Gasteiger partial charge >= 0.3 is 5.97 Å². The minimum absolute atomic E-state index is 0.161. The van der Waals surface area contributed by atoms with Crippen LogP contribution in [-0.2, 0) is 11.3 Å². The molecule has 0 radical (unpaired) electrons. The smallest absolute Gasteiger partial charge is 0.325 e. The van der Waals surface area contributed by atoms with Crippen molar-refractivity contribution in [3.8, 4) is 0 Å². The molecule has 0 fully saturated rings. The Labute approximate surface area is 99.0 Å². The van der Waals surface area contributed by atoms with Gasteiger partial charge in [-0.2, -0.15) is 0 Å². The molecule has 0 bridgehead atoms. The minimum Gasteiger partial charge on any atom is -0.480 e. The molecule has 0 saturated carbocycles. The standard InChI is InChI=1S/C10H16N4O3/c1-7(2)4-13(3)10(17)8-5-14(12-11-8)6-9(15)16/h5,7H,4,6H2,1-3H3,(H,15,16). The van der Waals surface area contributed by atoms with E-state index in [0.717, 1.165) is 4.68 Å². The fraction of sp³-hybridized carbons (Fsp3) is 0.600. The van der Waals surface area contributed by atoms with Crippen LogP contribution in [-0.4, -0.2) is 50.5 Å². The van der Waals surface area contributed by atoms with Gasteiger partial charge in [0.25, 0.3) is 5.91 Å². The Morgan fingerprint density at radius 2 is 2.18 bits per heavy atom. The summed E-state index contributed by atoms with van der Waals surface area (Å²) in [6, 6.07) is 0. The first-order chi connectivity index (χ1) is 7.90. The summed E-state index contributed by atoms with van der Waals surface area (Å²) in [5.74, 6) is -0.919. The lowest BCUT2D eigenvalue weighted by molar-refractivity contribution is -0.137. The van der Waals surface area contributed by atoms with Crippen molar-refractivity contribution in [1.29, 1.82) is 0 Å². The predicted octanol–water partition coefficient (Wildman–Crippen LogP) is 0.0907. The molecule has 0 spiro atoms. The highest BCUT2D eigenvalue weighted by molar-refractivity contribution is 5.91. The van der Waals surface area contributed by atoms with Gasteiger partial charge in [0, 0.05) is 13.6 Å². The van der Waals surface area contributed by atoms with Crippen molar-refractivity contribution in [2.24, 2.45) is 5.92 Å². The molecule has 7 heteroatoms. The van der Waals surface area contributed by atoms with Gasteiger partial charge in [0.1, 0.15) is 6.54 Å². The molecule has 1 amide bonds. The average molecular weight is 240 g/mol. The lowest BCUT2D eigenvalue weighted by atomic mass is 10.2. The summed E-state index contributed by atoms with van der Waals surface area (Å²) < 4.78 is 1.12. The van der Waals surface area contributed by atoms with Crippen molar-refractivity contribution < 1.29 is 14.7 Å². The molecule has 0 aliphatic rings. The zero-order chi connectivity index (χ0) is 13.0. The van der Waals surface area contributed by atoms with Crippen molar-refractivity contribution in [3.63, 3.8) is 0 Å². The van der Waals surface area contributed by atoms with Crippen LogP contribution in [0.3, 0.4) is 0 Å². The van der Waals surface area contributed by atoms with Gasteiger partial charge in [-0.25, -0.2) is 4.68 Å². The van der Waals surface area contributed by atoms with Crippen molar-refractivity contribution >= 4 is 11.9 Å². The minimum atomic E-state index is -1.02. The first-order valence-corrected chi connectivity index (χ1v) is 5.27. The number of aliphatic carboxylic acids is 1. The molecule has 0 atom stereocenters. The average Bonchev–Trinajstić information content (AvgIpc) is 2.62. The predicted molar refractivity (Wildman–Crippen MR) is 59.5 cm³/mol. The molecule has 0 aromatic carbocycles. The van der Waals surface area contributed by atoms with E-state index in [1.54, 1.807) is 11.9 Å². The Morgan fingerprint density at radius 3 is 2.71 bits per heavy atom. The highest BCUT2D eigenvalue weighted by atomic mass is 16.4. The number of carbonyl (C=O) groups is 2. The molecule has 1 aromatic rings. The van der Waals surface area contributed by atoms with E-state index in [2.05, 4.69) is 10.3 Å². The van der Waals surface area contributed by atoms with Crippen LogP contribution in [0.15, 0.2) is 6.20 Å². The van der Waals surface area contributed by atoms with Gasteiger partial charge < -0.3 is 10.0 Å². The number of hydrogen-bond acceptors (Lipinski definition) is 4. The molecule has 94 valence electrons. The molecule has 1 heterocycles. The highest BCUT2D eigenvalue weighted by Crippen LogP contribution is 2.02. The number of aromatic nitrogens is 3. The van der Waals surface area contributed by atoms with Crippen LogP contribution < -0.4 is 0 Å². The summed E-state index contributed by atoms with van der Waals surface area (Å²) in [6.07, 6.45) is 1.34. The lowest BCUT2D eigenvalue weighted by Gasteiger charge is -2.17. The second-order valence-electron chi connectivity index (χ2n) is 4.27. The maximum absolute atomic E-state index is 11.8. The van der Waals surface area contributed by atoms with Gasteiger partial charge in [-0.15, -0.1) is 5.10 Å². The second-order valence-corrected chi connectivity index (χ2v) is 4.27. The first-order valence-electron chi connectivity index (χ1n) is 5.27. The van der Waals surface area contributed by atoms with E-state index in [0.29, 0.717) is 12.5 Å². The molecule has 1 rings (SSSR count). The fourth-order valence-electron chi connectivity index (χ4n) is 1.44. The fourth-order valence-corrected chi connectivity index (χ4v) is 1.44. The number of carboxylic acids is 1. The molecule has 17 heavy (non-hydrogen) atoms. The number of nitrogens with zero attached hydrogens (tertiary/aromatic N) is 4. The molecule has 1 N–H and O–H groups in total. The number of amides is 1.